The number of oxazole rings is 1. The zero-order chi connectivity index (χ0) is 24.2. The molecule has 0 spiro atoms. The van der Waals surface area contributed by atoms with Crippen molar-refractivity contribution in [1.29, 1.82) is 0 Å². The van der Waals surface area contributed by atoms with Gasteiger partial charge in [0.05, 0.1) is 5.75 Å². The molecule has 0 aliphatic carbocycles. The highest BCUT2D eigenvalue weighted by Crippen LogP contribution is 2.24. The van der Waals surface area contributed by atoms with Gasteiger partial charge in [0.1, 0.15) is 5.52 Å². The SMILES string of the molecule is Cc1ccc(C(=O)N2CCN(c3ccc(NC(=O)CSc4nc5ccccc5o4)cc3)CC2)cc1. The first-order chi connectivity index (χ1) is 17.0. The molecular weight excluding hydrogens is 460 g/mol. The van der Waals surface area contributed by atoms with Crippen LogP contribution in [0, 0.1) is 6.92 Å². The molecule has 0 atom stereocenters. The number of rotatable bonds is 6. The largest absolute Gasteiger partial charge is 0.431 e. The summed E-state index contributed by atoms with van der Waals surface area (Å²) >= 11 is 1.27. The average Bonchev–Trinajstić information content (AvgIpc) is 3.31. The van der Waals surface area contributed by atoms with E-state index in [9.17, 15) is 9.59 Å². The lowest BCUT2D eigenvalue weighted by atomic mass is 10.1. The minimum Gasteiger partial charge on any atom is -0.431 e. The maximum absolute atomic E-state index is 12.7. The first kappa shape index (κ1) is 23.0. The third kappa shape index (κ3) is 5.49. The van der Waals surface area contributed by atoms with E-state index in [0.29, 0.717) is 23.9 Å². The molecule has 2 amide bonds. The number of aromatic nitrogens is 1. The van der Waals surface area contributed by atoms with Gasteiger partial charge in [-0.2, -0.15) is 0 Å². The van der Waals surface area contributed by atoms with Crippen LogP contribution >= 0.6 is 11.8 Å². The normalized spacial score (nSPS) is 13.7. The van der Waals surface area contributed by atoms with Crippen LogP contribution in [-0.4, -0.2) is 53.6 Å². The molecule has 0 saturated carbocycles. The molecule has 1 saturated heterocycles. The maximum atomic E-state index is 12.7. The van der Waals surface area contributed by atoms with E-state index in [0.717, 1.165) is 41.1 Å². The second kappa shape index (κ2) is 10.2. The average molecular weight is 487 g/mol. The van der Waals surface area contributed by atoms with Crippen LogP contribution < -0.4 is 10.2 Å². The predicted molar refractivity (Wildman–Crippen MR) is 139 cm³/mol. The Morgan fingerprint density at radius 3 is 2.37 bits per heavy atom. The van der Waals surface area contributed by atoms with Gasteiger partial charge in [0, 0.05) is 43.1 Å². The monoisotopic (exact) mass is 486 g/mol. The fraction of sp³-hybridized carbons (Fsp3) is 0.222. The van der Waals surface area contributed by atoms with Crippen molar-refractivity contribution in [1.82, 2.24) is 9.88 Å². The zero-order valence-corrected chi connectivity index (χ0v) is 20.3. The molecule has 178 valence electrons. The van der Waals surface area contributed by atoms with E-state index >= 15 is 0 Å². The number of amides is 2. The molecule has 5 rings (SSSR count). The van der Waals surface area contributed by atoms with Crippen molar-refractivity contribution in [2.24, 2.45) is 0 Å². The number of benzene rings is 3. The molecule has 35 heavy (non-hydrogen) atoms. The summed E-state index contributed by atoms with van der Waals surface area (Å²) in [4.78, 5) is 33.7. The highest BCUT2D eigenvalue weighted by Gasteiger charge is 2.22. The smallest absolute Gasteiger partial charge is 0.257 e. The third-order valence-corrected chi connectivity index (χ3v) is 6.81. The lowest BCUT2D eigenvalue weighted by Gasteiger charge is -2.36. The molecule has 0 bridgehead atoms. The van der Waals surface area contributed by atoms with Crippen molar-refractivity contribution in [3.8, 4) is 0 Å². The van der Waals surface area contributed by atoms with Gasteiger partial charge in [-0.05, 0) is 55.5 Å². The van der Waals surface area contributed by atoms with E-state index in [-0.39, 0.29) is 17.6 Å². The number of nitrogens with zero attached hydrogens (tertiary/aromatic N) is 3. The van der Waals surface area contributed by atoms with Crippen LogP contribution in [0.25, 0.3) is 11.1 Å². The molecule has 3 aromatic carbocycles. The lowest BCUT2D eigenvalue weighted by molar-refractivity contribution is -0.113. The van der Waals surface area contributed by atoms with E-state index in [1.54, 1.807) is 0 Å². The molecular formula is C27H26N4O3S. The van der Waals surface area contributed by atoms with Crippen LogP contribution in [0.5, 0.6) is 0 Å². The predicted octanol–water partition coefficient (Wildman–Crippen LogP) is 4.83. The Labute approximate surface area is 208 Å². The van der Waals surface area contributed by atoms with Crippen molar-refractivity contribution in [3.05, 3.63) is 83.9 Å². The summed E-state index contributed by atoms with van der Waals surface area (Å²) in [6.45, 7) is 4.91. The number of para-hydroxylation sites is 2. The fourth-order valence-corrected chi connectivity index (χ4v) is 4.68. The zero-order valence-electron chi connectivity index (χ0n) is 19.4. The van der Waals surface area contributed by atoms with E-state index in [2.05, 4.69) is 15.2 Å². The van der Waals surface area contributed by atoms with Gasteiger partial charge in [0.15, 0.2) is 5.58 Å². The standard InChI is InChI=1S/C27H26N4O3S/c1-19-6-8-20(9-7-19)26(33)31-16-14-30(15-17-31)22-12-10-21(11-13-22)28-25(32)18-35-27-29-23-4-2-3-5-24(23)34-27/h2-13H,14-18H2,1H3,(H,28,32). The Hall–Kier alpha value is -3.78. The Kier molecular flexibility index (Phi) is 6.72. The van der Waals surface area contributed by atoms with Crippen LogP contribution in [0.2, 0.25) is 0 Å². The van der Waals surface area contributed by atoms with Crippen molar-refractivity contribution in [2.75, 3.05) is 42.1 Å². The van der Waals surface area contributed by atoms with Gasteiger partial charge in [-0.25, -0.2) is 4.98 Å². The molecule has 1 fully saturated rings. The summed E-state index contributed by atoms with van der Waals surface area (Å²) in [5, 5.41) is 3.40. The van der Waals surface area contributed by atoms with Crippen molar-refractivity contribution >= 4 is 46.1 Å². The molecule has 1 aliphatic heterocycles. The fourth-order valence-electron chi connectivity index (χ4n) is 4.04. The van der Waals surface area contributed by atoms with Crippen molar-refractivity contribution in [3.63, 3.8) is 0 Å². The highest BCUT2D eigenvalue weighted by molar-refractivity contribution is 7.99. The van der Waals surface area contributed by atoms with Crippen molar-refractivity contribution < 1.29 is 14.0 Å². The maximum Gasteiger partial charge on any atom is 0.257 e. The lowest BCUT2D eigenvalue weighted by Crippen LogP contribution is -2.48. The van der Waals surface area contributed by atoms with Gasteiger partial charge in [-0.15, -0.1) is 0 Å². The Bertz CT molecular complexity index is 1290. The number of hydrogen-bond acceptors (Lipinski definition) is 6. The van der Waals surface area contributed by atoms with Gasteiger partial charge >= 0.3 is 0 Å². The molecule has 4 aromatic rings. The number of carbonyl (C=O) groups is 2. The molecule has 1 N–H and O–H groups in total. The number of nitrogens with one attached hydrogen (secondary N) is 1. The van der Waals surface area contributed by atoms with Crippen LogP contribution in [0.1, 0.15) is 15.9 Å². The summed E-state index contributed by atoms with van der Waals surface area (Å²) in [5.41, 5.74) is 5.19. The third-order valence-electron chi connectivity index (χ3n) is 5.98. The van der Waals surface area contributed by atoms with E-state index in [1.165, 1.54) is 11.8 Å². The molecule has 0 unspecified atom stereocenters. The van der Waals surface area contributed by atoms with Gasteiger partial charge in [0.25, 0.3) is 11.1 Å². The number of thioether (sulfide) groups is 1. The summed E-state index contributed by atoms with van der Waals surface area (Å²) in [5.74, 6) is 0.178. The quantitative estimate of drug-likeness (QED) is 0.394. The van der Waals surface area contributed by atoms with Crippen LogP contribution in [0.15, 0.2) is 82.4 Å². The second-order valence-corrected chi connectivity index (χ2v) is 9.40. The van der Waals surface area contributed by atoms with E-state index < -0.39 is 0 Å². The number of aryl methyl sites for hydroxylation is 1. The van der Waals surface area contributed by atoms with Gasteiger partial charge in [-0.3, -0.25) is 9.59 Å². The first-order valence-corrected chi connectivity index (χ1v) is 12.5. The molecule has 1 aliphatic rings. The minimum absolute atomic E-state index is 0.0819. The molecule has 7 nitrogen and oxygen atoms in total. The number of piperazine rings is 1. The van der Waals surface area contributed by atoms with Crippen molar-refractivity contribution in [2.45, 2.75) is 12.1 Å². The van der Waals surface area contributed by atoms with Crippen LogP contribution in [0.4, 0.5) is 11.4 Å². The Morgan fingerprint density at radius 1 is 0.943 bits per heavy atom. The molecule has 1 aromatic heterocycles. The number of anilines is 2. The summed E-state index contributed by atoms with van der Waals surface area (Å²) in [7, 11) is 0. The summed E-state index contributed by atoms with van der Waals surface area (Å²) < 4.78 is 5.65. The van der Waals surface area contributed by atoms with Gasteiger partial charge in [0.2, 0.25) is 5.91 Å². The molecule has 0 radical (unpaired) electrons. The van der Waals surface area contributed by atoms with E-state index in [4.69, 9.17) is 4.42 Å². The van der Waals surface area contributed by atoms with Gasteiger partial charge in [-0.1, -0.05) is 41.6 Å². The summed E-state index contributed by atoms with van der Waals surface area (Å²) in [6.07, 6.45) is 0. The first-order valence-electron chi connectivity index (χ1n) is 11.5. The number of carbonyl (C=O) groups excluding carboxylic acids is 2. The molecule has 2 heterocycles. The number of fused-ring (bicyclic) bond motifs is 1. The number of hydrogen-bond donors (Lipinski definition) is 1. The second-order valence-electron chi connectivity index (χ2n) is 8.48. The minimum atomic E-state index is -0.117. The topological polar surface area (TPSA) is 78.7 Å². The van der Waals surface area contributed by atoms with Gasteiger partial charge < -0.3 is 19.5 Å². The Morgan fingerprint density at radius 2 is 1.66 bits per heavy atom. The van der Waals surface area contributed by atoms with E-state index in [1.807, 2.05) is 84.6 Å². The van der Waals surface area contributed by atoms with Crippen LogP contribution in [0.3, 0.4) is 0 Å². The summed E-state index contributed by atoms with van der Waals surface area (Å²) in [6, 6.07) is 23.1. The Balaban J connectivity index is 1.10. The molecule has 8 heteroatoms. The highest BCUT2D eigenvalue weighted by atomic mass is 32.2. The van der Waals surface area contributed by atoms with Crippen LogP contribution in [-0.2, 0) is 4.79 Å².